The van der Waals surface area contributed by atoms with Crippen LogP contribution in [-0.2, 0) is 5.41 Å². The number of halogens is 1. The number of benzene rings is 6. The molecule has 0 aromatic heterocycles. The Morgan fingerprint density at radius 2 is 1.11 bits per heavy atom. The molecule has 0 radical (unpaired) electrons. The normalized spacial score (nSPS) is 18.8. The van der Waals surface area contributed by atoms with Crippen molar-refractivity contribution < 1.29 is 0 Å². The largest absolute Gasteiger partial charge is 0.0843 e. The van der Waals surface area contributed by atoms with Crippen LogP contribution in [0.25, 0.3) is 44.5 Å². The summed E-state index contributed by atoms with van der Waals surface area (Å²) in [4.78, 5) is 0. The van der Waals surface area contributed by atoms with Gasteiger partial charge in [0.15, 0.2) is 0 Å². The first-order chi connectivity index (χ1) is 21.8. The highest BCUT2D eigenvalue weighted by atomic mass is 35.5. The molecule has 0 heterocycles. The SMILES string of the molecule is Clc1ccc(-c2ccccc2-c2cccc3c2C2CC=CC=C2C32c3ccccc3-c3c(-c4ccccc4)cccc32)cc1. The van der Waals surface area contributed by atoms with Crippen molar-refractivity contribution >= 4 is 11.6 Å². The van der Waals surface area contributed by atoms with Crippen LogP contribution in [0.1, 0.15) is 34.6 Å². The van der Waals surface area contributed by atoms with E-state index in [-0.39, 0.29) is 5.41 Å². The third-order valence-electron chi connectivity index (χ3n) is 9.98. The minimum atomic E-state index is -0.341. The van der Waals surface area contributed by atoms with Crippen molar-refractivity contribution in [3.63, 3.8) is 0 Å². The van der Waals surface area contributed by atoms with E-state index in [0.717, 1.165) is 11.4 Å². The molecule has 0 bridgehead atoms. The van der Waals surface area contributed by atoms with Crippen LogP contribution < -0.4 is 0 Å². The van der Waals surface area contributed by atoms with Crippen molar-refractivity contribution in [2.45, 2.75) is 17.8 Å². The Hall–Kier alpha value is -4.91. The van der Waals surface area contributed by atoms with Gasteiger partial charge in [-0.2, -0.15) is 0 Å². The van der Waals surface area contributed by atoms with Crippen LogP contribution in [0.2, 0.25) is 5.02 Å². The first-order valence-corrected chi connectivity index (χ1v) is 15.8. The maximum Gasteiger partial charge on any atom is 0.0685 e. The number of hydrogen-bond acceptors (Lipinski definition) is 0. The first-order valence-electron chi connectivity index (χ1n) is 15.4. The monoisotopic (exact) mass is 580 g/mol. The van der Waals surface area contributed by atoms with Gasteiger partial charge in [-0.1, -0.05) is 157 Å². The lowest BCUT2D eigenvalue weighted by Crippen LogP contribution is -2.27. The molecule has 0 aliphatic heterocycles. The standard InChI is InChI=1S/C43H29Cl/c44-30-26-24-29(25-27-30)31-14-4-5-15-33(31)34-19-11-23-40-42(34)36-17-7-9-21-38(36)43(40)37-20-8-6-16-35(37)41-32(18-10-22-39(41)43)28-12-2-1-3-13-28/h1-16,18-27,36H,17H2. The Balaban J connectivity index is 1.37. The molecule has 1 heteroatoms. The topological polar surface area (TPSA) is 0 Å². The first kappa shape index (κ1) is 25.6. The van der Waals surface area contributed by atoms with E-state index in [4.69, 9.17) is 11.6 Å². The molecule has 0 N–H and O–H groups in total. The fraction of sp³-hybridized carbons (Fsp3) is 0.0698. The Morgan fingerprint density at radius 3 is 1.93 bits per heavy atom. The summed E-state index contributed by atoms with van der Waals surface area (Å²) in [6, 6.07) is 51.1. The summed E-state index contributed by atoms with van der Waals surface area (Å²) >= 11 is 6.30. The minimum Gasteiger partial charge on any atom is -0.0843 e. The maximum absolute atomic E-state index is 6.30. The third-order valence-corrected chi connectivity index (χ3v) is 10.2. The molecule has 9 rings (SSSR count). The van der Waals surface area contributed by atoms with Gasteiger partial charge < -0.3 is 0 Å². The fourth-order valence-electron chi connectivity index (χ4n) is 8.33. The van der Waals surface area contributed by atoms with Gasteiger partial charge in [0.2, 0.25) is 0 Å². The van der Waals surface area contributed by atoms with Crippen LogP contribution in [-0.4, -0.2) is 0 Å². The maximum atomic E-state index is 6.30. The quantitative estimate of drug-likeness (QED) is 0.195. The van der Waals surface area contributed by atoms with E-state index in [2.05, 4.69) is 146 Å². The van der Waals surface area contributed by atoms with E-state index in [1.807, 2.05) is 12.1 Å². The highest BCUT2D eigenvalue weighted by Gasteiger charge is 2.55. The van der Waals surface area contributed by atoms with E-state index in [9.17, 15) is 0 Å². The van der Waals surface area contributed by atoms with Gasteiger partial charge in [0, 0.05) is 10.9 Å². The van der Waals surface area contributed by atoms with E-state index in [1.54, 1.807) is 0 Å². The molecule has 208 valence electrons. The van der Waals surface area contributed by atoms with Gasteiger partial charge in [0.1, 0.15) is 0 Å². The molecule has 1 spiro atoms. The second-order valence-corrected chi connectivity index (χ2v) is 12.5. The van der Waals surface area contributed by atoms with Gasteiger partial charge in [0.25, 0.3) is 0 Å². The number of rotatable bonds is 3. The zero-order chi connectivity index (χ0) is 29.3. The highest BCUT2D eigenvalue weighted by molar-refractivity contribution is 6.30. The predicted octanol–water partition coefficient (Wildman–Crippen LogP) is 11.6. The summed E-state index contributed by atoms with van der Waals surface area (Å²) in [6.45, 7) is 0. The van der Waals surface area contributed by atoms with Crippen LogP contribution in [0, 0.1) is 0 Å². The molecule has 3 aliphatic rings. The van der Waals surface area contributed by atoms with Crippen molar-refractivity contribution in [3.05, 3.63) is 191 Å². The predicted molar refractivity (Wildman–Crippen MR) is 184 cm³/mol. The Labute approximate surface area is 263 Å². The molecule has 2 atom stereocenters. The average molecular weight is 581 g/mol. The summed E-state index contributed by atoms with van der Waals surface area (Å²) in [5.41, 5.74) is 17.1. The molecule has 0 fully saturated rings. The third kappa shape index (κ3) is 3.46. The van der Waals surface area contributed by atoms with E-state index in [1.165, 1.54) is 72.3 Å². The molecule has 0 saturated carbocycles. The Kier molecular flexibility index (Phi) is 5.70. The van der Waals surface area contributed by atoms with Gasteiger partial charge in [-0.3, -0.25) is 0 Å². The number of fused-ring (bicyclic) bond motifs is 10. The van der Waals surface area contributed by atoms with Crippen LogP contribution >= 0.6 is 11.6 Å². The van der Waals surface area contributed by atoms with Crippen molar-refractivity contribution in [1.82, 2.24) is 0 Å². The molecule has 6 aromatic carbocycles. The molecule has 0 saturated heterocycles. The summed E-state index contributed by atoms with van der Waals surface area (Å²) in [5.74, 6) is 0.295. The minimum absolute atomic E-state index is 0.295. The van der Waals surface area contributed by atoms with Crippen LogP contribution in [0.4, 0.5) is 0 Å². The smallest absolute Gasteiger partial charge is 0.0685 e. The molecule has 2 unspecified atom stereocenters. The van der Waals surface area contributed by atoms with E-state index in [0.29, 0.717) is 5.92 Å². The lowest BCUT2D eigenvalue weighted by molar-refractivity contribution is 0.708. The number of hydrogen-bond donors (Lipinski definition) is 0. The summed E-state index contributed by atoms with van der Waals surface area (Å²) < 4.78 is 0. The molecule has 6 aromatic rings. The molecule has 0 nitrogen and oxygen atoms in total. The fourth-order valence-corrected chi connectivity index (χ4v) is 8.46. The van der Waals surface area contributed by atoms with Gasteiger partial charge >= 0.3 is 0 Å². The van der Waals surface area contributed by atoms with Crippen molar-refractivity contribution in [3.8, 4) is 44.5 Å². The molecule has 0 amide bonds. The lowest BCUT2D eigenvalue weighted by Gasteiger charge is -2.33. The van der Waals surface area contributed by atoms with Crippen molar-refractivity contribution in [1.29, 1.82) is 0 Å². The summed E-state index contributed by atoms with van der Waals surface area (Å²) in [5, 5.41) is 0.756. The van der Waals surface area contributed by atoms with Gasteiger partial charge in [-0.25, -0.2) is 0 Å². The molecule has 3 aliphatic carbocycles. The van der Waals surface area contributed by atoms with Crippen LogP contribution in [0.3, 0.4) is 0 Å². The second kappa shape index (κ2) is 9.81. The van der Waals surface area contributed by atoms with Crippen LogP contribution in [0.5, 0.6) is 0 Å². The van der Waals surface area contributed by atoms with Gasteiger partial charge in [0.05, 0.1) is 5.41 Å². The number of allylic oxidation sites excluding steroid dienone is 4. The Bertz CT molecular complexity index is 2150. The molecular formula is C43H29Cl. The zero-order valence-electron chi connectivity index (χ0n) is 24.2. The molecule has 44 heavy (non-hydrogen) atoms. The highest BCUT2D eigenvalue weighted by Crippen LogP contribution is 2.67. The summed E-state index contributed by atoms with van der Waals surface area (Å²) in [7, 11) is 0. The van der Waals surface area contributed by atoms with E-state index >= 15 is 0 Å². The van der Waals surface area contributed by atoms with Crippen molar-refractivity contribution in [2.24, 2.45) is 0 Å². The van der Waals surface area contributed by atoms with E-state index < -0.39 is 0 Å². The average Bonchev–Trinajstić information content (AvgIpc) is 3.57. The summed E-state index contributed by atoms with van der Waals surface area (Å²) in [6.07, 6.45) is 8.05. The lowest BCUT2D eigenvalue weighted by atomic mass is 9.68. The Morgan fingerprint density at radius 1 is 0.500 bits per heavy atom. The van der Waals surface area contributed by atoms with Gasteiger partial charge in [-0.05, 0) is 90.9 Å². The molecular weight excluding hydrogens is 552 g/mol. The van der Waals surface area contributed by atoms with Crippen LogP contribution in [0.15, 0.2) is 163 Å². The van der Waals surface area contributed by atoms with Crippen molar-refractivity contribution in [2.75, 3.05) is 0 Å². The van der Waals surface area contributed by atoms with Gasteiger partial charge in [-0.15, -0.1) is 0 Å². The second-order valence-electron chi connectivity index (χ2n) is 12.0. The zero-order valence-corrected chi connectivity index (χ0v) is 24.9.